The van der Waals surface area contributed by atoms with Gasteiger partial charge in [0.2, 0.25) is 0 Å². The fraction of sp³-hybridized carbons (Fsp3) is 0.200. The molecule has 1 heterocycles. The summed E-state index contributed by atoms with van der Waals surface area (Å²) < 4.78 is 21.6. The van der Waals surface area contributed by atoms with Crippen LogP contribution in [0.5, 0.6) is 0 Å². The Labute approximate surface area is 65.3 Å². The number of nitrogens with zero attached hydrogens (tertiary/aromatic N) is 1. The Bertz CT molecular complexity index is 284. The minimum absolute atomic E-state index is 0.0645. The van der Waals surface area contributed by atoms with E-state index in [-0.39, 0.29) is 5.75 Å². The van der Waals surface area contributed by atoms with Gasteiger partial charge in [-0.05, 0) is 11.6 Å². The summed E-state index contributed by atoms with van der Waals surface area (Å²) in [7, 11) is -2.34. The minimum Gasteiger partial charge on any atom is -0.268 e. The van der Waals surface area contributed by atoms with Crippen molar-refractivity contribution >= 4 is 22.5 Å². The molecule has 0 spiro atoms. The van der Waals surface area contributed by atoms with Crippen LogP contribution in [0.2, 0.25) is 0 Å². The monoisotopic (exact) mass is 179 g/mol. The third-order valence-electron chi connectivity index (χ3n) is 1.03. The molecule has 0 atom stereocenters. The molecular weight excluding hydrogens is 174 g/mol. The SMILES string of the molecule is O=[SH](=O)Cc1ccn(Cl)c1. The summed E-state index contributed by atoms with van der Waals surface area (Å²) in [4.78, 5) is 0. The van der Waals surface area contributed by atoms with Crippen LogP contribution < -0.4 is 0 Å². The summed E-state index contributed by atoms with van der Waals surface area (Å²) in [5.74, 6) is 0.0645. The normalized spacial score (nSPS) is 10.6. The van der Waals surface area contributed by atoms with Gasteiger partial charge in [-0.3, -0.25) is 4.09 Å². The van der Waals surface area contributed by atoms with Crippen molar-refractivity contribution in [2.24, 2.45) is 0 Å². The quantitative estimate of drug-likeness (QED) is 0.676. The Morgan fingerprint density at radius 2 is 2.30 bits per heavy atom. The molecule has 0 radical (unpaired) electrons. The molecule has 0 aliphatic heterocycles. The standard InChI is InChI=1S/C5H6ClNO2S/c6-7-2-1-5(3-7)4-10(8)9/h1-3,10H,4H2. The van der Waals surface area contributed by atoms with Gasteiger partial charge >= 0.3 is 0 Å². The average molecular weight is 180 g/mol. The summed E-state index contributed by atoms with van der Waals surface area (Å²) in [5.41, 5.74) is 0.714. The van der Waals surface area contributed by atoms with Crippen molar-refractivity contribution in [3.63, 3.8) is 0 Å². The summed E-state index contributed by atoms with van der Waals surface area (Å²) in [5, 5.41) is 0. The largest absolute Gasteiger partial charge is 0.268 e. The zero-order valence-electron chi connectivity index (χ0n) is 5.03. The van der Waals surface area contributed by atoms with Gasteiger partial charge in [-0.25, -0.2) is 8.42 Å². The summed E-state index contributed by atoms with van der Waals surface area (Å²) >= 11 is 5.46. The molecule has 1 aromatic heterocycles. The van der Waals surface area contributed by atoms with Gasteiger partial charge in [0.15, 0.2) is 0 Å². The van der Waals surface area contributed by atoms with Crippen LogP contribution >= 0.6 is 11.8 Å². The maximum atomic E-state index is 10.2. The molecule has 1 aromatic rings. The topological polar surface area (TPSA) is 39.1 Å². The number of aromatic nitrogens is 1. The molecule has 0 saturated heterocycles. The lowest BCUT2D eigenvalue weighted by atomic mass is 10.4. The highest BCUT2D eigenvalue weighted by molar-refractivity contribution is 7.71. The van der Waals surface area contributed by atoms with E-state index in [1.54, 1.807) is 18.5 Å². The first-order valence-corrected chi connectivity index (χ1v) is 4.33. The van der Waals surface area contributed by atoms with Gasteiger partial charge in [-0.15, -0.1) is 0 Å². The molecule has 0 N–H and O–H groups in total. The van der Waals surface area contributed by atoms with Crippen molar-refractivity contribution in [1.82, 2.24) is 4.09 Å². The van der Waals surface area contributed by atoms with E-state index in [0.29, 0.717) is 5.56 Å². The number of hydrogen-bond acceptors (Lipinski definition) is 2. The van der Waals surface area contributed by atoms with Crippen molar-refractivity contribution in [3.8, 4) is 0 Å². The van der Waals surface area contributed by atoms with Crippen LogP contribution in [-0.2, 0) is 16.5 Å². The van der Waals surface area contributed by atoms with Crippen LogP contribution in [0.15, 0.2) is 18.5 Å². The van der Waals surface area contributed by atoms with Crippen molar-refractivity contribution in [3.05, 3.63) is 24.0 Å². The Morgan fingerprint density at radius 3 is 2.70 bits per heavy atom. The first-order chi connectivity index (χ1) is 4.68. The molecule has 0 saturated carbocycles. The van der Waals surface area contributed by atoms with Gasteiger partial charge in [0, 0.05) is 24.2 Å². The van der Waals surface area contributed by atoms with Gasteiger partial charge in [0.1, 0.15) is 10.7 Å². The smallest absolute Gasteiger partial charge is 0.144 e. The second-order valence-electron chi connectivity index (χ2n) is 1.85. The van der Waals surface area contributed by atoms with Crippen molar-refractivity contribution < 1.29 is 8.42 Å². The minimum atomic E-state index is -2.34. The Hall–Kier alpha value is -0.480. The molecule has 0 aromatic carbocycles. The molecule has 56 valence electrons. The van der Waals surface area contributed by atoms with E-state index in [4.69, 9.17) is 11.8 Å². The molecule has 0 bridgehead atoms. The second kappa shape index (κ2) is 3.07. The maximum Gasteiger partial charge on any atom is 0.144 e. The highest BCUT2D eigenvalue weighted by Gasteiger charge is 1.94. The molecule has 0 amide bonds. The molecule has 0 aliphatic carbocycles. The van der Waals surface area contributed by atoms with Gasteiger partial charge in [-0.2, -0.15) is 0 Å². The predicted molar refractivity (Wildman–Crippen MR) is 39.7 cm³/mol. The zero-order chi connectivity index (χ0) is 7.56. The lowest BCUT2D eigenvalue weighted by molar-refractivity contribution is 0.614. The lowest BCUT2D eigenvalue weighted by Gasteiger charge is -1.82. The summed E-state index contributed by atoms with van der Waals surface area (Å²) in [6.07, 6.45) is 3.16. The van der Waals surface area contributed by atoms with Crippen LogP contribution in [0.3, 0.4) is 0 Å². The average Bonchev–Trinajstić information content (AvgIpc) is 2.13. The molecule has 1 rings (SSSR count). The van der Waals surface area contributed by atoms with Crippen molar-refractivity contribution in [2.45, 2.75) is 5.75 Å². The fourth-order valence-corrected chi connectivity index (χ4v) is 1.32. The van der Waals surface area contributed by atoms with Crippen molar-refractivity contribution in [1.29, 1.82) is 0 Å². The highest BCUT2D eigenvalue weighted by atomic mass is 35.5. The van der Waals surface area contributed by atoms with E-state index < -0.39 is 10.7 Å². The number of thiol groups is 1. The third-order valence-corrected chi connectivity index (χ3v) is 1.87. The number of halogens is 1. The number of hydrogen-bond donors (Lipinski definition) is 1. The second-order valence-corrected chi connectivity index (χ2v) is 3.23. The van der Waals surface area contributed by atoms with Gasteiger partial charge in [0.05, 0.1) is 5.75 Å². The third kappa shape index (κ3) is 2.04. The zero-order valence-corrected chi connectivity index (χ0v) is 6.68. The molecule has 5 heteroatoms. The van der Waals surface area contributed by atoms with Gasteiger partial charge < -0.3 is 0 Å². The highest BCUT2D eigenvalue weighted by Crippen LogP contribution is 2.02. The molecule has 0 unspecified atom stereocenters. The first kappa shape index (κ1) is 7.63. The van der Waals surface area contributed by atoms with Crippen LogP contribution in [0.25, 0.3) is 0 Å². The van der Waals surface area contributed by atoms with Crippen LogP contribution in [-0.4, -0.2) is 12.5 Å². The Morgan fingerprint density at radius 1 is 1.60 bits per heavy atom. The lowest BCUT2D eigenvalue weighted by Crippen LogP contribution is -1.82. The molecule has 0 fully saturated rings. The van der Waals surface area contributed by atoms with Gasteiger partial charge in [-0.1, -0.05) is 0 Å². The molecular formula is C5H6ClNO2S. The summed E-state index contributed by atoms with van der Waals surface area (Å²) in [6.45, 7) is 0. The van der Waals surface area contributed by atoms with Crippen LogP contribution in [0.1, 0.15) is 5.56 Å². The Kier molecular flexibility index (Phi) is 2.34. The van der Waals surface area contributed by atoms with E-state index in [1.165, 1.54) is 4.09 Å². The maximum absolute atomic E-state index is 10.2. The van der Waals surface area contributed by atoms with Gasteiger partial charge in [0.25, 0.3) is 0 Å². The van der Waals surface area contributed by atoms with E-state index in [2.05, 4.69) is 0 Å². The van der Waals surface area contributed by atoms with E-state index in [9.17, 15) is 8.42 Å². The van der Waals surface area contributed by atoms with E-state index in [0.717, 1.165) is 0 Å². The predicted octanol–water partition coefficient (Wildman–Crippen LogP) is 0.601. The van der Waals surface area contributed by atoms with Crippen molar-refractivity contribution in [2.75, 3.05) is 0 Å². The fourth-order valence-electron chi connectivity index (χ4n) is 0.654. The molecule has 0 aliphatic rings. The van der Waals surface area contributed by atoms with Crippen LogP contribution in [0.4, 0.5) is 0 Å². The Balaban J connectivity index is 2.76. The van der Waals surface area contributed by atoms with E-state index >= 15 is 0 Å². The first-order valence-electron chi connectivity index (χ1n) is 2.63. The summed E-state index contributed by atoms with van der Waals surface area (Å²) in [6, 6.07) is 1.66. The van der Waals surface area contributed by atoms with Crippen LogP contribution in [0, 0.1) is 0 Å². The molecule has 3 nitrogen and oxygen atoms in total. The van der Waals surface area contributed by atoms with E-state index in [1.807, 2.05) is 0 Å². The number of rotatable bonds is 2. The molecule has 10 heavy (non-hydrogen) atoms.